The molecule has 0 amide bonds. The third-order valence-corrected chi connectivity index (χ3v) is 5.91. The third-order valence-electron chi connectivity index (χ3n) is 5.12. The Morgan fingerprint density at radius 3 is 2.83 bits per heavy atom. The van der Waals surface area contributed by atoms with Gasteiger partial charge in [-0.05, 0) is 70.9 Å². The summed E-state index contributed by atoms with van der Waals surface area (Å²) in [5, 5.41) is 3.15. The average Bonchev–Trinajstić information content (AvgIpc) is 3.24. The van der Waals surface area contributed by atoms with Crippen molar-refractivity contribution in [2.45, 2.75) is 78.3 Å². The quantitative estimate of drug-likeness (QED) is 0.243. The summed E-state index contributed by atoms with van der Waals surface area (Å²) >= 11 is 1.66. The lowest BCUT2D eigenvalue weighted by Crippen LogP contribution is -2.25. The standard InChI is InChI=1S/C23H37NO4S/c1-17(22-14-27-23(4,5)28-22)11-9-7-8-10-12-21(26-16-25-6)18(2)13-20-15-29-19(3)24-20/h8,10,13,15,17,21-22H,7,9,11-12,14,16H2,1-6H3/b10-8-,18-13+/t17-,21-,22-/m0/s1. The first-order chi connectivity index (χ1) is 13.8. The molecule has 0 unspecified atom stereocenters. The SMILES string of the molecule is COCO[C@@H](C/C=C\CCC[C@H](C)[C@@H]1COC(C)(C)O1)/C(C)=C/c1csc(C)n1. The fraction of sp³-hybridized carbons (Fsp3) is 0.696. The summed E-state index contributed by atoms with van der Waals surface area (Å²) in [7, 11) is 1.65. The molecular formula is C23H37NO4S. The molecule has 3 atom stereocenters. The summed E-state index contributed by atoms with van der Waals surface area (Å²) in [5.74, 6) is 0.0771. The van der Waals surface area contributed by atoms with E-state index in [-0.39, 0.29) is 19.0 Å². The average molecular weight is 424 g/mol. The smallest absolute Gasteiger partial charge is 0.163 e. The number of unbranched alkanes of at least 4 members (excludes halogenated alkanes) is 1. The molecule has 2 heterocycles. The third kappa shape index (κ3) is 8.69. The molecule has 0 saturated carbocycles. The highest BCUT2D eigenvalue weighted by Gasteiger charge is 2.35. The molecule has 0 bridgehead atoms. The van der Waals surface area contributed by atoms with Gasteiger partial charge >= 0.3 is 0 Å². The molecule has 0 radical (unpaired) electrons. The van der Waals surface area contributed by atoms with Gasteiger partial charge in [-0.1, -0.05) is 19.1 Å². The Hall–Kier alpha value is -1.05. The van der Waals surface area contributed by atoms with Gasteiger partial charge in [-0.2, -0.15) is 0 Å². The van der Waals surface area contributed by atoms with Crippen LogP contribution in [0.5, 0.6) is 0 Å². The van der Waals surface area contributed by atoms with Crippen molar-refractivity contribution in [3.8, 4) is 0 Å². The van der Waals surface area contributed by atoms with Gasteiger partial charge in [-0.15, -0.1) is 11.3 Å². The number of rotatable bonds is 12. The molecule has 1 saturated heterocycles. The largest absolute Gasteiger partial charge is 0.359 e. The Labute approximate surface area is 180 Å². The molecule has 1 aliphatic rings. The fourth-order valence-corrected chi connectivity index (χ4v) is 3.96. The minimum Gasteiger partial charge on any atom is -0.359 e. The second-order valence-corrected chi connectivity index (χ2v) is 9.29. The second-order valence-electron chi connectivity index (χ2n) is 8.22. The molecule has 0 aliphatic carbocycles. The van der Waals surface area contributed by atoms with Crippen LogP contribution in [0.25, 0.3) is 6.08 Å². The van der Waals surface area contributed by atoms with E-state index >= 15 is 0 Å². The van der Waals surface area contributed by atoms with E-state index in [0.717, 1.165) is 42.0 Å². The van der Waals surface area contributed by atoms with Crippen LogP contribution in [0.1, 0.15) is 64.1 Å². The molecular weight excluding hydrogens is 386 g/mol. The number of nitrogens with zero attached hydrogens (tertiary/aromatic N) is 1. The number of thiazole rings is 1. The maximum Gasteiger partial charge on any atom is 0.163 e. The van der Waals surface area contributed by atoms with E-state index in [1.165, 1.54) is 0 Å². The Balaban J connectivity index is 1.75. The van der Waals surface area contributed by atoms with E-state index < -0.39 is 5.79 Å². The number of hydrogen-bond donors (Lipinski definition) is 0. The summed E-state index contributed by atoms with van der Waals surface area (Å²) in [6.45, 7) is 11.3. The van der Waals surface area contributed by atoms with Gasteiger partial charge in [0, 0.05) is 12.5 Å². The lowest BCUT2D eigenvalue weighted by molar-refractivity contribution is -0.144. The first kappa shape index (κ1) is 24.2. The van der Waals surface area contributed by atoms with Crippen molar-refractivity contribution in [1.82, 2.24) is 4.98 Å². The zero-order valence-electron chi connectivity index (χ0n) is 18.8. The van der Waals surface area contributed by atoms with Gasteiger partial charge in [0.1, 0.15) is 6.79 Å². The van der Waals surface area contributed by atoms with Crippen LogP contribution >= 0.6 is 11.3 Å². The first-order valence-electron chi connectivity index (χ1n) is 10.5. The highest BCUT2D eigenvalue weighted by molar-refractivity contribution is 7.09. The van der Waals surface area contributed by atoms with E-state index in [1.54, 1.807) is 18.4 Å². The number of allylic oxidation sites excluding steroid dienone is 1. The highest BCUT2D eigenvalue weighted by Crippen LogP contribution is 2.28. The zero-order valence-corrected chi connectivity index (χ0v) is 19.6. The summed E-state index contributed by atoms with van der Waals surface area (Å²) in [4.78, 5) is 4.51. The maximum absolute atomic E-state index is 5.96. The fourth-order valence-electron chi connectivity index (χ4n) is 3.39. The predicted molar refractivity (Wildman–Crippen MR) is 119 cm³/mol. The van der Waals surface area contributed by atoms with E-state index in [4.69, 9.17) is 18.9 Å². The lowest BCUT2D eigenvalue weighted by atomic mass is 9.98. The van der Waals surface area contributed by atoms with E-state index in [9.17, 15) is 0 Å². The summed E-state index contributed by atoms with van der Waals surface area (Å²) in [6, 6.07) is 0. The molecule has 1 aliphatic heterocycles. The van der Waals surface area contributed by atoms with Crippen molar-refractivity contribution >= 4 is 17.4 Å². The van der Waals surface area contributed by atoms with Crippen molar-refractivity contribution < 1.29 is 18.9 Å². The minimum absolute atomic E-state index is 0.00148. The first-order valence-corrected chi connectivity index (χ1v) is 11.4. The molecule has 1 aromatic heterocycles. The summed E-state index contributed by atoms with van der Waals surface area (Å²) in [6.07, 6.45) is 11.0. The topological polar surface area (TPSA) is 49.8 Å². The van der Waals surface area contributed by atoms with E-state index in [2.05, 4.69) is 42.4 Å². The summed E-state index contributed by atoms with van der Waals surface area (Å²) < 4.78 is 22.6. The van der Waals surface area contributed by atoms with Crippen LogP contribution in [0.3, 0.4) is 0 Å². The number of aromatic nitrogens is 1. The molecule has 6 heteroatoms. The lowest BCUT2D eigenvalue weighted by Gasteiger charge is -2.21. The van der Waals surface area contributed by atoms with Crippen molar-refractivity contribution in [2.75, 3.05) is 20.5 Å². The molecule has 5 nitrogen and oxygen atoms in total. The molecule has 1 fully saturated rings. The Morgan fingerprint density at radius 2 is 2.21 bits per heavy atom. The molecule has 0 spiro atoms. The molecule has 2 rings (SSSR count). The van der Waals surface area contributed by atoms with Crippen LogP contribution in [-0.2, 0) is 18.9 Å². The number of aryl methyl sites for hydroxylation is 1. The van der Waals surface area contributed by atoms with Crippen LogP contribution in [0.4, 0.5) is 0 Å². The molecule has 0 N–H and O–H groups in total. The van der Waals surface area contributed by atoms with Gasteiger partial charge in [0.15, 0.2) is 5.79 Å². The van der Waals surface area contributed by atoms with Crippen LogP contribution < -0.4 is 0 Å². The van der Waals surface area contributed by atoms with Gasteiger partial charge in [-0.25, -0.2) is 4.98 Å². The molecule has 0 aromatic carbocycles. The number of methoxy groups -OCH3 is 1. The predicted octanol–water partition coefficient (Wildman–Crippen LogP) is 5.75. The van der Waals surface area contributed by atoms with Crippen LogP contribution in [-0.4, -0.2) is 43.5 Å². The van der Waals surface area contributed by atoms with Gasteiger partial charge in [0.05, 0.1) is 29.5 Å². The highest BCUT2D eigenvalue weighted by atomic mass is 32.1. The molecule has 164 valence electrons. The number of hydrogen-bond acceptors (Lipinski definition) is 6. The summed E-state index contributed by atoms with van der Waals surface area (Å²) in [5.41, 5.74) is 2.15. The van der Waals surface area contributed by atoms with Gasteiger partial charge < -0.3 is 18.9 Å². The van der Waals surface area contributed by atoms with Gasteiger partial charge in [0.25, 0.3) is 0 Å². The van der Waals surface area contributed by atoms with Crippen LogP contribution in [0.2, 0.25) is 0 Å². The Morgan fingerprint density at radius 1 is 1.41 bits per heavy atom. The van der Waals surface area contributed by atoms with Crippen LogP contribution in [0.15, 0.2) is 23.1 Å². The van der Waals surface area contributed by atoms with Crippen molar-refractivity contribution in [3.63, 3.8) is 0 Å². The molecule has 1 aromatic rings. The zero-order chi connectivity index (χ0) is 21.3. The van der Waals surface area contributed by atoms with Gasteiger partial charge in [0.2, 0.25) is 0 Å². The van der Waals surface area contributed by atoms with Crippen LogP contribution in [0, 0.1) is 12.8 Å². The van der Waals surface area contributed by atoms with Crippen molar-refractivity contribution in [1.29, 1.82) is 0 Å². The van der Waals surface area contributed by atoms with Gasteiger partial charge in [-0.3, -0.25) is 0 Å². The monoisotopic (exact) mass is 423 g/mol. The van der Waals surface area contributed by atoms with Crippen molar-refractivity contribution in [2.24, 2.45) is 5.92 Å². The Bertz CT molecular complexity index is 668. The molecule has 29 heavy (non-hydrogen) atoms. The number of ether oxygens (including phenoxy) is 4. The normalized spacial score (nSPS) is 21.7. The van der Waals surface area contributed by atoms with Crippen molar-refractivity contribution in [3.05, 3.63) is 33.8 Å². The second kappa shape index (κ2) is 12.0. The minimum atomic E-state index is -0.432. The Kier molecular flexibility index (Phi) is 9.99. The van der Waals surface area contributed by atoms with E-state index in [1.807, 2.05) is 20.8 Å². The van der Waals surface area contributed by atoms with E-state index in [0.29, 0.717) is 12.5 Å². The maximum atomic E-state index is 5.96.